The molecule has 0 amide bonds. The summed E-state index contributed by atoms with van der Waals surface area (Å²) in [5.41, 5.74) is 1.15. The van der Waals surface area contributed by atoms with Crippen LogP contribution in [-0.4, -0.2) is 24.0 Å². The first-order chi connectivity index (χ1) is 7.08. The molecule has 0 aromatic heterocycles. The fraction of sp³-hybridized carbons (Fsp3) is 0.500. The highest BCUT2D eigenvalue weighted by Crippen LogP contribution is 2.12. The second kappa shape index (κ2) is 5.73. The molecule has 84 valence electrons. The normalized spacial score (nSPS) is 12.9. The van der Waals surface area contributed by atoms with Crippen LogP contribution in [0, 0.1) is 6.92 Å². The van der Waals surface area contributed by atoms with Crippen LogP contribution in [0.1, 0.15) is 19.4 Å². The Kier molecular flexibility index (Phi) is 4.59. The third-order valence-corrected chi connectivity index (χ3v) is 1.92. The molecule has 0 unspecified atom stereocenters. The lowest BCUT2D eigenvalue weighted by Gasteiger charge is -2.16. The summed E-state index contributed by atoms with van der Waals surface area (Å²) < 4.78 is 5.44. The third kappa shape index (κ3) is 4.81. The van der Waals surface area contributed by atoms with Crippen molar-refractivity contribution in [3.8, 4) is 5.75 Å². The minimum Gasteiger partial charge on any atom is -0.489 e. The highest BCUT2D eigenvalue weighted by Gasteiger charge is 2.05. The van der Waals surface area contributed by atoms with Gasteiger partial charge >= 0.3 is 0 Å². The highest BCUT2D eigenvalue weighted by molar-refractivity contribution is 5.27. The van der Waals surface area contributed by atoms with E-state index in [0.717, 1.165) is 11.3 Å². The van der Waals surface area contributed by atoms with Crippen molar-refractivity contribution in [1.82, 2.24) is 5.32 Å². The maximum Gasteiger partial charge on any atom is 0.139 e. The van der Waals surface area contributed by atoms with Gasteiger partial charge in [-0.3, -0.25) is 5.32 Å². The van der Waals surface area contributed by atoms with Crippen molar-refractivity contribution in [2.24, 2.45) is 0 Å². The number of rotatable bonds is 5. The zero-order valence-electron chi connectivity index (χ0n) is 9.53. The van der Waals surface area contributed by atoms with E-state index in [1.54, 1.807) is 0 Å². The van der Waals surface area contributed by atoms with Gasteiger partial charge in [-0.1, -0.05) is 12.1 Å². The number of benzene rings is 1. The Bertz CT molecular complexity index is 299. The smallest absolute Gasteiger partial charge is 0.139 e. The minimum absolute atomic E-state index is 0.251. The van der Waals surface area contributed by atoms with E-state index in [-0.39, 0.29) is 12.6 Å². The fourth-order valence-corrected chi connectivity index (χ4v) is 1.31. The van der Waals surface area contributed by atoms with Crippen LogP contribution in [0.4, 0.5) is 0 Å². The van der Waals surface area contributed by atoms with E-state index in [1.807, 2.05) is 45.0 Å². The first-order valence-electron chi connectivity index (χ1n) is 5.21. The first-order valence-corrected chi connectivity index (χ1v) is 5.21. The van der Waals surface area contributed by atoms with Crippen molar-refractivity contribution in [2.45, 2.75) is 33.0 Å². The first kappa shape index (κ1) is 12.0. The predicted octanol–water partition coefficient (Wildman–Crippen LogP) is 1.69. The Labute approximate surface area is 91.1 Å². The maximum absolute atomic E-state index is 9.51. The molecule has 1 aromatic rings. The Morgan fingerprint density at radius 1 is 1.40 bits per heavy atom. The van der Waals surface area contributed by atoms with Gasteiger partial charge in [0, 0.05) is 6.04 Å². The van der Waals surface area contributed by atoms with Crippen LogP contribution in [0.2, 0.25) is 0 Å². The van der Waals surface area contributed by atoms with Gasteiger partial charge in [0.15, 0.2) is 0 Å². The van der Waals surface area contributed by atoms with Gasteiger partial charge in [-0.2, -0.15) is 0 Å². The van der Waals surface area contributed by atoms with E-state index < -0.39 is 6.23 Å². The molecule has 0 bridgehead atoms. The van der Waals surface area contributed by atoms with E-state index in [4.69, 9.17) is 4.74 Å². The minimum atomic E-state index is -0.620. The Hall–Kier alpha value is -1.06. The van der Waals surface area contributed by atoms with Crippen molar-refractivity contribution in [1.29, 1.82) is 0 Å². The molecule has 3 heteroatoms. The molecule has 0 spiro atoms. The predicted molar refractivity (Wildman–Crippen MR) is 61.0 cm³/mol. The summed E-state index contributed by atoms with van der Waals surface area (Å²) in [6.45, 7) is 6.24. The van der Waals surface area contributed by atoms with Gasteiger partial charge in [0.25, 0.3) is 0 Å². The molecule has 15 heavy (non-hydrogen) atoms. The maximum atomic E-state index is 9.51. The summed E-state index contributed by atoms with van der Waals surface area (Å²) >= 11 is 0. The van der Waals surface area contributed by atoms with Crippen LogP contribution >= 0.6 is 0 Å². The van der Waals surface area contributed by atoms with E-state index in [0.29, 0.717) is 0 Å². The number of hydrogen-bond acceptors (Lipinski definition) is 3. The summed E-state index contributed by atoms with van der Waals surface area (Å²) in [6.07, 6.45) is -0.620. The number of hydrogen-bond donors (Lipinski definition) is 2. The van der Waals surface area contributed by atoms with Crippen molar-refractivity contribution in [2.75, 3.05) is 6.61 Å². The summed E-state index contributed by atoms with van der Waals surface area (Å²) in [5.74, 6) is 0.791. The molecule has 0 aliphatic heterocycles. The quantitative estimate of drug-likeness (QED) is 0.725. The lowest BCUT2D eigenvalue weighted by Crippen LogP contribution is -2.38. The molecular formula is C12H19NO2. The van der Waals surface area contributed by atoms with Crippen LogP contribution in [0.25, 0.3) is 0 Å². The van der Waals surface area contributed by atoms with Crippen LogP contribution < -0.4 is 10.1 Å². The van der Waals surface area contributed by atoms with Crippen LogP contribution in [0.3, 0.4) is 0 Å². The zero-order chi connectivity index (χ0) is 11.3. The average Bonchev–Trinajstić information content (AvgIpc) is 2.14. The van der Waals surface area contributed by atoms with Crippen molar-refractivity contribution < 1.29 is 9.84 Å². The largest absolute Gasteiger partial charge is 0.489 e. The average molecular weight is 209 g/mol. The lowest BCUT2D eigenvalue weighted by atomic mass is 10.2. The van der Waals surface area contributed by atoms with Gasteiger partial charge in [0.05, 0.1) is 0 Å². The monoisotopic (exact) mass is 209 g/mol. The summed E-state index contributed by atoms with van der Waals surface area (Å²) in [4.78, 5) is 0. The highest BCUT2D eigenvalue weighted by atomic mass is 16.5. The molecule has 0 saturated heterocycles. The molecule has 0 heterocycles. The zero-order valence-corrected chi connectivity index (χ0v) is 9.53. The van der Waals surface area contributed by atoms with Gasteiger partial charge in [0.1, 0.15) is 18.6 Å². The standard InChI is InChI=1S/C12H19NO2/c1-9(2)13-12(14)8-15-11-6-4-5-10(3)7-11/h4-7,9,12-14H,8H2,1-3H3/t12-/m0/s1. The molecular weight excluding hydrogens is 190 g/mol. The van der Waals surface area contributed by atoms with Crippen LogP contribution in [0.15, 0.2) is 24.3 Å². The van der Waals surface area contributed by atoms with Gasteiger partial charge in [-0.05, 0) is 38.5 Å². The topological polar surface area (TPSA) is 41.5 Å². The van der Waals surface area contributed by atoms with Gasteiger partial charge in [-0.25, -0.2) is 0 Å². The molecule has 3 nitrogen and oxygen atoms in total. The van der Waals surface area contributed by atoms with Crippen LogP contribution in [0.5, 0.6) is 5.75 Å². The second-order valence-electron chi connectivity index (χ2n) is 3.96. The third-order valence-electron chi connectivity index (χ3n) is 1.92. The number of aliphatic hydroxyl groups is 1. The van der Waals surface area contributed by atoms with Crippen LogP contribution in [-0.2, 0) is 0 Å². The molecule has 0 saturated carbocycles. The summed E-state index contributed by atoms with van der Waals surface area (Å²) in [6, 6.07) is 8.03. The van der Waals surface area contributed by atoms with Crippen molar-refractivity contribution in [3.05, 3.63) is 29.8 Å². The Balaban J connectivity index is 2.36. The molecule has 1 rings (SSSR count). The molecule has 0 aliphatic carbocycles. The Morgan fingerprint density at radius 3 is 2.73 bits per heavy atom. The van der Waals surface area contributed by atoms with E-state index in [1.165, 1.54) is 0 Å². The van der Waals surface area contributed by atoms with Gasteiger partial charge < -0.3 is 9.84 Å². The molecule has 1 aromatic carbocycles. The molecule has 0 aliphatic rings. The van der Waals surface area contributed by atoms with E-state index in [2.05, 4.69) is 5.32 Å². The molecule has 0 fully saturated rings. The lowest BCUT2D eigenvalue weighted by molar-refractivity contribution is 0.0719. The van der Waals surface area contributed by atoms with Gasteiger partial charge in [0.2, 0.25) is 0 Å². The number of aryl methyl sites for hydroxylation is 1. The Morgan fingerprint density at radius 2 is 2.13 bits per heavy atom. The van der Waals surface area contributed by atoms with Crippen molar-refractivity contribution in [3.63, 3.8) is 0 Å². The molecule has 0 radical (unpaired) electrons. The van der Waals surface area contributed by atoms with Crippen molar-refractivity contribution >= 4 is 0 Å². The number of nitrogens with one attached hydrogen (secondary N) is 1. The summed E-state index contributed by atoms with van der Waals surface area (Å²) in [5, 5.41) is 12.5. The number of aliphatic hydroxyl groups excluding tert-OH is 1. The molecule has 1 atom stereocenters. The number of ether oxygens (including phenoxy) is 1. The van der Waals surface area contributed by atoms with E-state index >= 15 is 0 Å². The molecule has 2 N–H and O–H groups in total. The van der Waals surface area contributed by atoms with E-state index in [9.17, 15) is 5.11 Å². The SMILES string of the molecule is Cc1cccc(OC[C@H](O)NC(C)C)c1. The fourth-order valence-electron chi connectivity index (χ4n) is 1.31. The second-order valence-corrected chi connectivity index (χ2v) is 3.96. The summed E-state index contributed by atoms with van der Waals surface area (Å²) in [7, 11) is 0. The van der Waals surface area contributed by atoms with Gasteiger partial charge in [-0.15, -0.1) is 0 Å².